The fourth-order valence-electron chi connectivity index (χ4n) is 6.97. The second kappa shape index (κ2) is 13.0. The molecule has 1 aliphatic carbocycles. The Kier molecular flexibility index (Phi) is 8.88. The second-order valence-corrected chi connectivity index (χ2v) is 12.3. The number of aryl methyl sites for hydroxylation is 1. The van der Waals surface area contributed by atoms with E-state index in [-0.39, 0.29) is 23.8 Å². The van der Waals surface area contributed by atoms with Gasteiger partial charge in [0.2, 0.25) is 0 Å². The minimum atomic E-state index is -0.791. The van der Waals surface area contributed by atoms with Crippen LogP contribution in [0.3, 0.4) is 0 Å². The first-order chi connectivity index (χ1) is 20.9. The minimum absolute atomic E-state index is 0.0570. The zero-order valence-corrected chi connectivity index (χ0v) is 24.8. The first kappa shape index (κ1) is 29.5. The molecule has 2 aromatic heterocycles. The molecule has 4 heterocycles. The standard InChI is InChI=1S/C34H40F2N4O3/c1-22-25(9-10-30(37-22)23-11-15-39(16-12-23)27-5-2-3-6-27)21-43-33-28(19-26(35)20-29(33)36)31-7-4-8-32(38-31)40-17-13-24(14-18-40)34(41)42/h4,7-10,19-20,23-24,27H,2-3,5-6,11-18,21H2,1H3,(H,41,42). The van der Waals surface area contributed by atoms with Gasteiger partial charge in [-0.3, -0.25) is 9.78 Å². The Morgan fingerprint density at radius 1 is 0.953 bits per heavy atom. The van der Waals surface area contributed by atoms with E-state index in [4.69, 9.17) is 14.7 Å². The van der Waals surface area contributed by atoms with Gasteiger partial charge in [0.25, 0.3) is 0 Å². The van der Waals surface area contributed by atoms with Gasteiger partial charge in [0.05, 0.1) is 11.6 Å². The van der Waals surface area contributed by atoms with Crippen molar-refractivity contribution in [3.05, 3.63) is 71.1 Å². The molecular weight excluding hydrogens is 550 g/mol. The molecule has 1 aromatic carbocycles. The van der Waals surface area contributed by atoms with Gasteiger partial charge in [0, 0.05) is 53.6 Å². The zero-order valence-electron chi connectivity index (χ0n) is 24.8. The molecule has 0 amide bonds. The molecule has 7 nitrogen and oxygen atoms in total. The molecule has 0 spiro atoms. The highest BCUT2D eigenvalue weighted by Crippen LogP contribution is 2.36. The lowest BCUT2D eigenvalue weighted by Crippen LogP contribution is -2.39. The maximum Gasteiger partial charge on any atom is 0.306 e. The van der Waals surface area contributed by atoms with E-state index < -0.39 is 17.6 Å². The number of nitrogens with zero attached hydrogens (tertiary/aromatic N) is 4. The quantitative estimate of drug-likeness (QED) is 0.312. The fourth-order valence-corrected chi connectivity index (χ4v) is 6.97. The fraction of sp³-hybridized carbons (Fsp3) is 0.500. The molecule has 2 aliphatic heterocycles. The van der Waals surface area contributed by atoms with Crippen LogP contribution < -0.4 is 9.64 Å². The number of hydrogen-bond acceptors (Lipinski definition) is 6. The lowest BCUT2D eigenvalue weighted by Gasteiger charge is -2.36. The Morgan fingerprint density at radius 2 is 1.70 bits per heavy atom. The maximum absolute atomic E-state index is 15.1. The summed E-state index contributed by atoms with van der Waals surface area (Å²) in [5.74, 6) is -1.62. The highest BCUT2D eigenvalue weighted by molar-refractivity contribution is 5.71. The Labute approximate surface area is 251 Å². The van der Waals surface area contributed by atoms with Crippen LogP contribution in [0, 0.1) is 24.5 Å². The van der Waals surface area contributed by atoms with Crippen molar-refractivity contribution >= 4 is 11.8 Å². The van der Waals surface area contributed by atoms with Crippen LogP contribution in [-0.4, -0.2) is 58.2 Å². The van der Waals surface area contributed by atoms with Crippen molar-refractivity contribution in [3.8, 4) is 17.0 Å². The third-order valence-corrected chi connectivity index (χ3v) is 9.56. The van der Waals surface area contributed by atoms with Gasteiger partial charge in [-0.05, 0) is 82.8 Å². The number of piperidine rings is 2. The lowest BCUT2D eigenvalue weighted by atomic mass is 9.91. The number of aliphatic carboxylic acids is 1. The summed E-state index contributed by atoms with van der Waals surface area (Å²) < 4.78 is 35.6. The second-order valence-electron chi connectivity index (χ2n) is 12.3. The molecule has 3 fully saturated rings. The van der Waals surface area contributed by atoms with Gasteiger partial charge in [0.15, 0.2) is 11.6 Å². The lowest BCUT2D eigenvalue weighted by molar-refractivity contribution is -0.142. The number of hydrogen-bond donors (Lipinski definition) is 1. The molecule has 3 aliphatic rings. The van der Waals surface area contributed by atoms with Crippen molar-refractivity contribution in [2.24, 2.45) is 5.92 Å². The highest BCUT2D eigenvalue weighted by Gasteiger charge is 2.29. The van der Waals surface area contributed by atoms with Crippen molar-refractivity contribution in [1.29, 1.82) is 0 Å². The summed E-state index contributed by atoms with van der Waals surface area (Å²) in [6.45, 7) is 5.41. The number of likely N-dealkylation sites (tertiary alicyclic amines) is 1. The van der Waals surface area contributed by atoms with E-state index in [9.17, 15) is 14.3 Å². The largest absolute Gasteiger partial charge is 0.485 e. The van der Waals surface area contributed by atoms with E-state index in [2.05, 4.69) is 11.0 Å². The molecular formula is C34H40F2N4O3. The molecule has 2 saturated heterocycles. The Balaban J connectivity index is 1.14. The molecule has 0 radical (unpaired) electrons. The average Bonchev–Trinajstić information content (AvgIpc) is 3.56. The van der Waals surface area contributed by atoms with E-state index in [0.29, 0.717) is 43.4 Å². The number of pyridine rings is 2. The van der Waals surface area contributed by atoms with Crippen LogP contribution in [0.15, 0.2) is 42.5 Å². The molecule has 6 rings (SSSR count). The molecule has 0 atom stereocenters. The van der Waals surface area contributed by atoms with Gasteiger partial charge < -0.3 is 19.6 Å². The summed E-state index contributed by atoms with van der Waals surface area (Å²) in [6.07, 6.45) is 8.67. The van der Waals surface area contributed by atoms with Crippen molar-refractivity contribution in [1.82, 2.24) is 14.9 Å². The Morgan fingerprint density at radius 3 is 2.40 bits per heavy atom. The first-order valence-electron chi connectivity index (χ1n) is 15.6. The van der Waals surface area contributed by atoms with Crippen LogP contribution in [-0.2, 0) is 11.4 Å². The maximum atomic E-state index is 15.1. The molecule has 1 N–H and O–H groups in total. The molecule has 1 saturated carbocycles. The minimum Gasteiger partial charge on any atom is -0.485 e. The van der Waals surface area contributed by atoms with Crippen molar-refractivity contribution in [2.45, 2.75) is 76.9 Å². The SMILES string of the molecule is Cc1nc(C2CCN(C3CCCC3)CC2)ccc1COc1c(F)cc(F)cc1-c1cccc(N2CCC(C(=O)O)CC2)n1. The summed E-state index contributed by atoms with van der Waals surface area (Å²) in [7, 11) is 0. The molecule has 9 heteroatoms. The third kappa shape index (κ3) is 6.66. The average molecular weight is 591 g/mol. The predicted octanol–water partition coefficient (Wildman–Crippen LogP) is 6.73. The van der Waals surface area contributed by atoms with Crippen LogP contribution in [0.5, 0.6) is 5.75 Å². The van der Waals surface area contributed by atoms with Crippen LogP contribution in [0.2, 0.25) is 0 Å². The predicted molar refractivity (Wildman–Crippen MR) is 161 cm³/mol. The zero-order chi connectivity index (χ0) is 29.9. The summed E-state index contributed by atoms with van der Waals surface area (Å²) in [5.41, 5.74) is 3.43. The van der Waals surface area contributed by atoms with Crippen molar-refractivity contribution in [3.63, 3.8) is 0 Å². The topological polar surface area (TPSA) is 78.8 Å². The number of rotatable bonds is 8. The van der Waals surface area contributed by atoms with Gasteiger partial charge in [-0.25, -0.2) is 13.8 Å². The Hall–Kier alpha value is -3.59. The van der Waals surface area contributed by atoms with Crippen molar-refractivity contribution < 1.29 is 23.4 Å². The highest BCUT2D eigenvalue weighted by atomic mass is 19.1. The monoisotopic (exact) mass is 590 g/mol. The summed E-state index contributed by atoms with van der Waals surface area (Å²) >= 11 is 0. The van der Waals surface area contributed by atoms with E-state index >= 15 is 4.39 Å². The van der Waals surface area contributed by atoms with Crippen LogP contribution >= 0.6 is 0 Å². The van der Waals surface area contributed by atoms with E-state index in [1.54, 1.807) is 12.1 Å². The third-order valence-electron chi connectivity index (χ3n) is 9.56. The molecule has 3 aromatic rings. The number of ether oxygens (including phenoxy) is 1. The number of anilines is 1. The molecule has 0 unspecified atom stereocenters. The van der Waals surface area contributed by atoms with Crippen molar-refractivity contribution in [2.75, 3.05) is 31.1 Å². The number of carboxylic acid groups (broad SMARTS) is 1. The van der Waals surface area contributed by atoms with Crippen LogP contribution in [0.25, 0.3) is 11.3 Å². The summed E-state index contributed by atoms with van der Waals surface area (Å²) in [5, 5.41) is 9.31. The first-order valence-corrected chi connectivity index (χ1v) is 15.6. The van der Waals surface area contributed by atoms with Gasteiger partial charge >= 0.3 is 5.97 Å². The number of benzene rings is 1. The van der Waals surface area contributed by atoms with E-state index in [1.807, 2.05) is 24.0 Å². The van der Waals surface area contributed by atoms with Gasteiger partial charge in [0.1, 0.15) is 18.2 Å². The molecule has 0 bridgehead atoms. The summed E-state index contributed by atoms with van der Waals surface area (Å²) in [6, 6.07) is 12.2. The number of carboxylic acids is 1. The van der Waals surface area contributed by atoms with E-state index in [1.165, 1.54) is 31.7 Å². The van der Waals surface area contributed by atoms with Gasteiger partial charge in [-0.1, -0.05) is 25.0 Å². The normalized spacial score (nSPS) is 19.2. The van der Waals surface area contributed by atoms with E-state index in [0.717, 1.165) is 55.0 Å². The van der Waals surface area contributed by atoms with Gasteiger partial charge in [-0.15, -0.1) is 0 Å². The number of carbonyl (C=O) groups is 1. The molecule has 43 heavy (non-hydrogen) atoms. The molecule has 228 valence electrons. The van der Waals surface area contributed by atoms with Crippen LogP contribution in [0.1, 0.15) is 74.2 Å². The number of halogens is 2. The van der Waals surface area contributed by atoms with Crippen LogP contribution in [0.4, 0.5) is 14.6 Å². The Bertz CT molecular complexity index is 1450. The summed E-state index contributed by atoms with van der Waals surface area (Å²) in [4.78, 5) is 25.6. The van der Waals surface area contributed by atoms with Gasteiger partial charge in [-0.2, -0.15) is 0 Å². The smallest absolute Gasteiger partial charge is 0.306 e. The number of aromatic nitrogens is 2.